The predicted molar refractivity (Wildman–Crippen MR) is 67.2 cm³/mol. The van der Waals surface area contributed by atoms with Gasteiger partial charge in [0.05, 0.1) is 5.69 Å². The zero-order chi connectivity index (χ0) is 11.5. The number of hydrogen-bond donors (Lipinski definition) is 1. The first kappa shape index (κ1) is 10.3. The molecule has 3 rings (SSSR count). The number of anilines is 1. The zero-order valence-electron chi connectivity index (χ0n) is 9.71. The van der Waals surface area contributed by atoms with Crippen molar-refractivity contribution in [3.05, 3.63) is 36.9 Å². The Bertz CT molecular complexity index is 472. The average molecular weight is 228 g/mol. The summed E-state index contributed by atoms with van der Waals surface area (Å²) in [5, 5.41) is 11.2. The Morgan fingerprint density at radius 1 is 1.12 bits per heavy atom. The first-order chi connectivity index (χ1) is 8.42. The van der Waals surface area contributed by atoms with Gasteiger partial charge in [-0.3, -0.25) is 4.57 Å². The molecule has 4 nitrogen and oxygen atoms in total. The number of hydrogen-bond acceptors (Lipinski definition) is 3. The Morgan fingerprint density at radius 3 is 2.65 bits per heavy atom. The molecule has 88 valence electrons. The van der Waals surface area contributed by atoms with E-state index in [0.29, 0.717) is 6.04 Å². The van der Waals surface area contributed by atoms with E-state index in [2.05, 4.69) is 39.8 Å². The van der Waals surface area contributed by atoms with Crippen molar-refractivity contribution in [2.75, 3.05) is 5.32 Å². The minimum atomic E-state index is 0.645. The molecule has 1 N–H and O–H groups in total. The standard InChI is InChI=1S/C13H16N4/c1-2-5-11(4-1)16-12-6-3-7-13(8-12)17-9-14-15-10-17/h3,6-11,16H,1-2,4-5H2. The van der Waals surface area contributed by atoms with Crippen LogP contribution in [0.3, 0.4) is 0 Å². The highest BCUT2D eigenvalue weighted by Gasteiger charge is 2.14. The Labute approximate surface area is 101 Å². The molecule has 1 aromatic heterocycles. The van der Waals surface area contributed by atoms with Gasteiger partial charge >= 0.3 is 0 Å². The molecule has 0 aliphatic heterocycles. The van der Waals surface area contributed by atoms with Gasteiger partial charge in [0.25, 0.3) is 0 Å². The molecule has 0 atom stereocenters. The summed E-state index contributed by atoms with van der Waals surface area (Å²) in [5.74, 6) is 0. The molecular weight excluding hydrogens is 212 g/mol. The highest BCUT2D eigenvalue weighted by Crippen LogP contribution is 2.23. The maximum Gasteiger partial charge on any atom is 0.123 e. The lowest BCUT2D eigenvalue weighted by Crippen LogP contribution is -2.14. The van der Waals surface area contributed by atoms with Crippen LogP contribution >= 0.6 is 0 Å². The third-order valence-electron chi connectivity index (χ3n) is 3.29. The maximum absolute atomic E-state index is 3.82. The van der Waals surface area contributed by atoms with Crippen molar-refractivity contribution in [3.63, 3.8) is 0 Å². The largest absolute Gasteiger partial charge is 0.382 e. The fourth-order valence-electron chi connectivity index (χ4n) is 2.40. The predicted octanol–water partition coefficient (Wildman–Crippen LogP) is 2.62. The van der Waals surface area contributed by atoms with E-state index in [1.807, 2.05) is 4.57 Å². The second kappa shape index (κ2) is 4.57. The van der Waals surface area contributed by atoms with Gasteiger partial charge in [-0.1, -0.05) is 18.9 Å². The smallest absolute Gasteiger partial charge is 0.123 e. The van der Waals surface area contributed by atoms with Gasteiger partial charge in [0, 0.05) is 11.7 Å². The normalized spacial score (nSPS) is 16.2. The molecule has 0 bridgehead atoms. The molecule has 0 saturated heterocycles. The van der Waals surface area contributed by atoms with Crippen LogP contribution in [0, 0.1) is 0 Å². The van der Waals surface area contributed by atoms with Crippen LogP contribution in [0.2, 0.25) is 0 Å². The molecule has 1 saturated carbocycles. The number of aromatic nitrogens is 3. The van der Waals surface area contributed by atoms with E-state index in [-0.39, 0.29) is 0 Å². The Balaban J connectivity index is 1.79. The summed E-state index contributed by atoms with van der Waals surface area (Å²) in [6.07, 6.45) is 8.71. The monoisotopic (exact) mass is 228 g/mol. The molecule has 17 heavy (non-hydrogen) atoms. The van der Waals surface area contributed by atoms with Crippen molar-refractivity contribution < 1.29 is 0 Å². The molecule has 4 heteroatoms. The van der Waals surface area contributed by atoms with Gasteiger partial charge in [-0.05, 0) is 31.0 Å². The van der Waals surface area contributed by atoms with E-state index >= 15 is 0 Å². The van der Waals surface area contributed by atoms with E-state index in [4.69, 9.17) is 0 Å². The molecule has 1 heterocycles. The van der Waals surface area contributed by atoms with Crippen LogP contribution in [0.4, 0.5) is 5.69 Å². The molecule has 0 radical (unpaired) electrons. The van der Waals surface area contributed by atoms with Crippen LogP contribution < -0.4 is 5.32 Å². The van der Waals surface area contributed by atoms with E-state index in [1.54, 1.807) is 12.7 Å². The molecule has 0 amide bonds. The van der Waals surface area contributed by atoms with Crippen LogP contribution in [0.5, 0.6) is 0 Å². The first-order valence-electron chi connectivity index (χ1n) is 6.13. The van der Waals surface area contributed by atoms with Gasteiger partial charge in [-0.25, -0.2) is 0 Å². The van der Waals surface area contributed by atoms with Gasteiger partial charge in [-0.2, -0.15) is 0 Å². The van der Waals surface area contributed by atoms with Gasteiger partial charge in [-0.15, -0.1) is 10.2 Å². The van der Waals surface area contributed by atoms with Crippen LogP contribution in [-0.4, -0.2) is 20.8 Å². The lowest BCUT2D eigenvalue weighted by molar-refractivity contribution is 0.755. The number of benzene rings is 1. The van der Waals surface area contributed by atoms with E-state index < -0.39 is 0 Å². The Kier molecular flexibility index (Phi) is 2.78. The Morgan fingerprint density at radius 2 is 1.88 bits per heavy atom. The summed E-state index contributed by atoms with van der Waals surface area (Å²) in [6, 6.07) is 9.02. The van der Waals surface area contributed by atoms with Gasteiger partial charge < -0.3 is 5.32 Å². The molecule has 1 fully saturated rings. The highest BCUT2D eigenvalue weighted by molar-refractivity contribution is 5.51. The van der Waals surface area contributed by atoms with Gasteiger partial charge in [0.2, 0.25) is 0 Å². The average Bonchev–Trinajstić information content (AvgIpc) is 3.01. The van der Waals surface area contributed by atoms with Crippen molar-refractivity contribution in [1.82, 2.24) is 14.8 Å². The molecule has 1 aliphatic rings. The van der Waals surface area contributed by atoms with Gasteiger partial charge in [0.1, 0.15) is 12.7 Å². The molecule has 2 aromatic rings. The van der Waals surface area contributed by atoms with Crippen molar-refractivity contribution in [1.29, 1.82) is 0 Å². The summed E-state index contributed by atoms with van der Waals surface area (Å²) < 4.78 is 1.92. The minimum absolute atomic E-state index is 0.645. The summed E-state index contributed by atoms with van der Waals surface area (Å²) in [6.45, 7) is 0. The van der Waals surface area contributed by atoms with Crippen LogP contribution in [0.25, 0.3) is 5.69 Å². The minimum Gasteiger partial charge on any atom is -0.382 e. The SMILES string of the molecule is c1cc(NC2CCCC2)cc(-n2cnnc2)c1. The van der Waals surface area contributed by atoms with Crippen LogP contribution in [0.15, 0.2) is 36.9 Å². The molecule has 1 aromatic carbocycles. The van der Waals surface area contributed by atoms with E-state index in [1.165, 1.54) is 31.4 Å². The van der Waals surface area contributed by atoms with Crippen molar-refractivity contribution in [2.45, 2.75) is 31.7 Å². The fourth-order valence-corrected chi connectivity index (χ4v) is 2.40. The van der Waals surface area contributed by atoms with Crippen LogP contribution in [0.1, 0.15) is 25.7 Å². The topological polar surface area (TPSA) is 42.7 Å². The number of nitrogens with one attached hydrogen (secondary N) is 1. The Hall–Kier alpha value is -1.84. The lowest BCUT2D eigenvalue weighted by Gasteiger charge is -2.14. The van der Waals surface area contributed by atoms with Crippen molar-refractivity contribution in [3.8, 4) is 5.69 Å². The van der Waals surface area contributed by atoms with Crippen molar-refractivity contribution in [2.24, 2.45) is 0 Å². The highest BCUT2D eigenvalue weighted by atomic mass is 15.2. The zero-order valence-corrected chi connectivity index (χ0v) is 9.71. The third kappa shape index (κ3) is 2.30. The second-order valence-electron chi connectivity index (χ2n) is 4.55. The molecular formula is C13H16N4. The van der Waals surface area contributed by atoms with Crippen molar-refractivity contribution >= 4 is 5.69 Å². The molecule has 0 unspecified atom stereocenters. The van der Waals surface area contributed by atoms with Crippen LogP contribution in [-0.2, 0) is 0 Å². The molecule has 0 spiro atoms. The summed E-state index contributed by atoms with van der Waals surface area (Å²) in [5.41, 5.74) is 2.28. The summed E-state index contributed by atoms with van der Waals surface area (Å²) in [4.78, 5) is 0. The first-order valence-corrected chi connectivity index (χ1v) is 6.13. The summed E-state index contributed by atoms with van der Waals surface area (Å²) in [7, 11) is 0. The summed E-state index contributed by atoms with van der Waals surface area (Å²) >= 11 is 0. The molecule has 1 aliphatic carbocycles. The number of rotatable bonds is 3. The number of nitrogens with zero attached hydrogens (tertiary/aromatic N) is 3. The lowest BCUT2D eigenvalue weighted by atomic mass is 10.2. The maximum atomic E-state index is 3.82. The van der Waals surface area contributed by atoms with E-state index in [0.717, 1.165) is 5.69 Å². The fraction of sp³-hybridized carbons (Fsp3) is 0.385. The van der Waals surface area contributed by atoms with Gasteiger partial charge in [0.15, 0.2) is 0 Å². The third-order valence-corrected chi connectivity index (χ3v) is 3.29. The van der Waals surface area contributed by atoms with E-state index in [9.17, 15) is 0 Å². The second-order valence-corrected chi connectivity index (χ2v) is 4.55. The quantitative estimate of drug-likeness (QED) is 0.878.